The average molecular weight is 444 g/mol. The standard InChI is InChI=1S/C22H21FN2O5S/c1-29-16-8-7-15(18(13-16)30-2)12-20(26)24-9-10-25-21(27)19(31-22(25)28)11-14-5-3-4-6-17(14)23/h3-8,11,13H,9-10,12H2,1-2H3,(H,24,26)/b19-11-. The SMILES string of the molecule is COc1ccc(CC(=O)NCCN2C(=O)S/C(=C\c3ccccc3F)C2=O)c(OC)c1. The molecule has 0 saturated carbocycles. The van der Waals surface area contributed by atoms with Crippen LogP contribution in [0.15, 0.2) is 47.4 Å². The fraction of sp³-hybridized carbons (Fsp3) is 0.227. The van der Waals surface area contributed by atoms with E-state index in [-0.39, 0.29) is 35.9 Å². The van der Waals surface area contributed by atoms with Crippen molar-refractivity contribution >= 4 is 34.9 Å². The molecule has 1 aliphatic rings. The second kappa shape index (κ2) is 10.1. The molecular formula is C22H21FN2O5S. The first kappa shape index (κ1) is 22.4. The van der Waals surface area contributed by atoms with Crippen molar-refractivity contribution in [1.29, 1.82) is 0 Å². The van der Waals surface area contributed by atoms with Gasteiger partial charge in [-0.15, -0.1) is 0 Å². The number of hydrogen-bond acceptors (Lipinski definition) is 6. The van der Waals surface area contributed by atoms with Crippen molar-refractivity contribution in [3.63, 3.8) is 0 Å². The molecule has 0 bridgehead atoms. The molecule has 31 heavy (non-hydrogen) atoms. The van der Waals surface area contributed by atoms with E-state index in [9.17, 15) is 18.8 Å². The second-order valence-corrected chi connectivity index (χ2v) is 7.55. The molecule has 7 nitrogen and oxygen atoms in total. The zero-order valence-corrected chi connectivity index (χ0v) is 17.8. The number of amides is 3. The number of benzene rings is 2. The van der Waals surface area contributed by atoms with Crippen LogP contribution in [-0.4, -0.2) is 49.3 Å². The monoisotopic (exact) mass is 444 g/mol. The van der Waals surface area contributed by atoms with Gasteiger partial charge in [0.25, 0.3) is 11.1 Å². The van der Waals surface area contributed by atoms with E-state index in [2.05, 4.69) is 5.32 Å². The second-order valence-electron chi connectivity index (χ2n) is 6.56. The number of carbonyl (C=O) groups is 3. The minimum Gasteiger partial charge on any atom is -0.497 e. The van der Waals surface area contributed by atoms with Gasteiger partial charge in [0.15, 0.2) is 0 Å². The van der Waals surface area contributed by atoms with Crippen LogP contribution >= 0.6 is 11.8 Å². The first-order valence-electron chi connectivity index (χ1n) is 9.40. The van der Waals surface area contributed by atoms with Crippen molar-refractivity contribution in [2.75, 3.05) is 27.3 Å². The van der Waals surface area contributed by atoms with Crippen LogP contribution in [0.5, 0.6) is 11.5 Å². The Morgan fingerprint density at radius 1 is 1.16 bits per heavy atom. The molecule has 0 radical (unpaired) electrons. The van der Waals surface area contributed by atoms with E-state index in [1.807, 2.05) is 0 Å². The first-order chi connectivity index (χ1) is 14.9. The van der Waals surface area contributed by atoms with Crippen LogP contribution in [0.2, 0.25) is 0 Å². The zero-order valence-electron chi connectivity index (χ0n) is 17.0. The van der Waals surface area contributed by atoms with Gasteiger partial charge in [-0.3, -0.25) is 19.3 Å². The van der Waals surface area contributed by atoms with Crippen molar-refractivity contribution in [2.24, 2.45) is 0 Å². The number of imide groups is 1. The molecule has 0 atom stereocenters. The topological polar surface area (TPSA) is 84.9 Å². The van der Waals surface area contributed by atoms with E-state index >= 15 is 0 Å². The number of halogens is 1. The molecule has 1 saturated heterocycles. The van der Waals surface area contributed by atoms with Crippen LogP contribution in [-0.2, 0) is 16.0 Å². The summed E-state index contributed by atoms with van der Waals surface area (Å²) >= 11 is 0.746. The first-order valence-corrected chi connectivity index (χ1v) is 10.2. The minimum atomic E-state index is -0.510. The Hall–Kier alpha value is -3.33. The molecule has 1 N–H and O–H groups in total. The highest BCUT2D eigenvalue weighted by Crippen LogP contribution is 2.32. The van der Waals surface area contributed by atoms with Gasteiger partial charge < -0.3 is 14.8 Å². The number of carbonyl (C=O) groups excluding carboxylic acids is 3. The summed E-state index contributed by atoms with van der Waals surface area (Å²) in [7, 11) is 3.04. The highest BCUT2D eigenvalue weighted by Gasteiger charge is 2.34. The van der Waals surface area contributed by atoms with Gasteiger partial charge in [-0.1, -0.05) is 24.3 Å². The largest absolute Gasteiger partial charge is 0.497 e. The third kappa shape index (κ3) is 5.43. The van der Waals surface area contributed by atoms with Gasteiger partial charge in [0, 0.05) is 30.3 Å². The molecule has 2 aromatic rings. The maximum Gasteiger partial charge on any atom is 0.293 e. The fourth-order valence-corrected chi connectivity index (χ4v) is 3.82. The molecule has 2 aromatic carbocycles. The quantitative estimate of drug-likeness (QED) is 0.630. The lowest BCUT2D eigenvalue weighted by Crippen LogP contribution is -2.37. The highest BCUT2D eigenvalue weighted by molar-refractivity contribution is 8.18. The average Bonchev–Trinajstić information content (AvgIpc) is 3.03. The normalized spacial score (nSPS) is 14.8. The zero-order chi connectivity index (χ0) is 22.4. The maximum atomic E-state index is 13.8. The summed E-state index contributed by atoms with van der Waals surface area (Å²) in [4.78, 5) is 38.1. The molecule has 0 aromatic heterocycles. The molecule has 0 spiro atoms. The predicted octanol–water partition coefficient (Wildman–Crippen LogP) is 3.24. The number of hydrogen-bond donors (Lipinski definition) is 1. The summed E-state index contributed by atoms with van der Waals surface area (Å²) in [5.41, 5.74) is 0.912. The van der Waals surface area contributed by atoms with Crippen LogP contribution in [0.3, 0.4) is 0 Å². The molecular weight excluding hydrogens is 423 g/mol. The molecule has 162 valence electrons. The predicted molar refractivity (Wildman–Crippen MR) is 115 cm³/mol. The van der Waals surface area contributed by atoms with Crippen LogP contribution in [0.25, 0.3) is 6.08 Å². The molecule has 1 aliphatic heterocycles. The van der Waals surface area contributed by atoms with E-state index < -0.39 is 17.0 Å². The Morgan fingerprint density at radius 3 is 2.65 bits per heavy atom. The Balaban J connectivity index is 1.56. The lowest BCUT2D eigenvalue weighted by atomic mass is 10.1. The van der Waals surface area contributed by atoms with Gasteiger partial charge in [0.1, 0.15) is 17.3 Å². The molecule has 3 rings (SSSR count). The summed E-state index contributed by atoms with van der Waals surface area (Å²) in [6.07, 6.45) is 1.43. The van der Waals surface area contributed by atoms with E-state index in [1.54, 1.807) is 30.3 Å². The van der Waals surface area contributed by atoms with Gasteiger partial charge in [-0.25, -0.2) is 4.39 Å². The van der Waals surface area contributed by atoms with Crippen molar-refractivity contribution in [2.45, 2.75) is 6.42 Å². The number of ether oxygens (including phenoxy) is 2. The third-order valence-electron chi connectivity index (χ3n) is 4.57. The van der Waals surface area contributed by atoms with Crippen LogP contribution in [0, 0.1) is 5.82 Å². The van der Waals surface area contributed by atoms with Gasteiger partial charge in [-0.05, 0) is 30.0 Å². The van der Waals surface area contributed by atoms with Crippen molar-refractivity contribution in [3.8, 4) is 11.5 Å². The lowest BCUT2D eigenvalue weighted by molar-refractivity contribution is -0.124. The minimum absolute atomic E-state index is 0.0186. The Bertz CT molecular complexity index is 1040. The van der Waals surface area contributed by atoms with Crippen LogP contribution < -0.4 is 14.8 Å². The van der Waals surface area contributed by atoms with Crippen LogP contribution in [0.4, 0.5) is 9.18 Å². The van der Waals surface area contributed by atoms with Crippen molar-refractivity contribution in [3.05, 3.63) is 64.3 Å². The number of nitrogens with zero attached hydrogens (tertiary/aromatic N) is 1. The van der Waals surface area contributed by atoms with Gasteiger partial charge >= 0.3 is 0 Å². The van der Waals surface area contributed by atoms with E-state index in [4.69, 9.17) is 9.47 Å². The molecule has 3 amide bonds. The highest BCUT2D eigenvalue weighted by atomic mass is 32.2. The number of thioether (sulfide) groups is 1. The summed E-state index contributed by atoms with van der Waals surface area (Å²) < 4.78 is 24.2. The van der Waals surface area contributed by atoms with Crippen molar-refractivity contribution in [1.82, 2.24) is 10.2 Å². The fourth-order valence-electron chi connectivity index (χ4n) is 2.97. The number of rotatable bonds is 8. The Labute approximate surface area is 183 Å². The summed E-state index contributed by atoms with van der Waals surface area (Å²) in [5.74, 6) is -0.125. The van der Waals surface area contributed by atoms with E-state index in [0.717, 1.165) is 16.7 Å². The van der Waals surface area contributed by atoms with Gasteiger partial charge in [0.05, 0.1) is 25.5 Å². The van der Waals surface area contributed by atoms with E-state index in [0.29, 0.717) is 17.1 Å². The smallest absolute Gasteiger partial charge is 0.293 e. The Kier molecular flexibility index (Phi) is 7.30. The molecule has 1 heterocycles. The van der Waals surface area contributed by atoms with Gasteiger partial charge in [-0.2, -0.15) is 0 Å². The maximum absolute atomic E-state index is 13.8. The number of methoxy groups -OCH3 is 2. The van der Waals surface area contributed by atoms with Gasteiger partial charge in [0.2, 0.25) is 5.91 Å². The molecule has 0 aliphatic carbocycles. The molecule has 1 fully saturated rings. The summed E-state index contributed by atoms with van der Waals surface area (Å²) in [5, 5.41) is 2.23. The number of nitrogens with one attached hydrogen (secondary N) is 1. The van der Waals surface area contributed by atoms with E-state index in [1.165, 1.54) is 32.4 Å². The molecule has 9 heteroatoms. The van der Waals surface area contributed by atoms with Crippen molar-refractivity contribution < 1.29 is 28.2 Å². The molecule has 0 unspecified atom stereocenters. The lowest BCUT2D eigenvalue weighted by Gasteiger charge is -2.14. The Morgan fingerprint density at radius 2 is 1.94 bits per heavy atom. The third-order valence-corrected chi connectivity index (χ3v) is 5.48. The van der Waals surface area contributed by atoms with Crippen LogP contribution in [0.1, 0.15) is 11.1 Å². The summed E-state index contributed by atoms with van der Waals surface area (Å²) in [6, 6.07) is 11.1. The summed E-state index contributed by atoms with van der Waals surface area (Å²) in [6.45, 7) is 0.118.